The third kappa shape index (κ3) is 7.77. The first-order valence-corrected chi connectivity index (χ1v) is 33.5. The van der Waals surface area contributed by atoms with Crippen LogP contribution in [-0.2, 0) is 12.3 Å². The van der Waals surface area contributed by atoms with E-state index in [9.17, 15) is 0 Å². The van der Waals surface area contributed by atoms with Crippen LogP contribution in [0, 0.1) is 0 Å². The van der Waals surface area contributed by atoms with Gasteiger partial charge in [-0.05, 0) is 65.4 Å². The van der Waals surface area contributed by atoms with Gasteiger partial charge in [0.05, 0.1) is 0 Å². The van der Waals surface area contributed by atoms with Crippen LogP contribution in [0.1, 0.15) is 12.0 Å². The summed E-state index contributed by atoms with van der Waals surface area (Å²) in [5, 5.41) is 0. The van der Waals surface area contributed by atoms with Gasteiger partial charge < -0.3 is 12.3 Å². The van der Waals surface area contributed by atoms with Gasteiger partial charge in [0.25, 0.3) is 0 Å². The molecule has 146 valence electrons. The van der Waals surface area contributed by atoms with E-state index in [2.05, 4.69) is 76.2 Å². The molecule has 0 aromatic heterocycles. The van der Waals surface area contributed by atoms with E-state index in [0.717, 1.165) is 12.5 Å². The Kier molecular flexibility index (Phi) is 8.05. The highest BCUT2D eigenvalue weighted by Crippen LogP contribution is 2.31. The molecular weight excluding hydrogens is 437 g/mol. The average molecular weight is 473 g/mol. The number of rotatable bonds is 10. The number of hydrogen-bond acceptors (Lipinski definition) is 3. The zero-order chi connectivity index (χ0) is 19.4. The molecule has 1 aromatic rings. The normalized spacial score (nSPS) is 21.2. The van der Waals surface area contributed by atoms with E-state index in [0.29, 0.717) is 8.55 Å². The summed E-state index contributed by atoms with van der Waals surface area (Å²) in [6.07, 6.45) is 0.923. The molecule has 0 saturated carbocycles. The molecule has 26 heavy (non-hydrogen) atoms. The van der Waals surface area contributed by atoms with E-state index in [1.165, 1.54) is 11.1 Å². The monoisotopic (exact) mass is 472 g/mol. The van der Waals surface area contributed by atoms with Crippen molar-refractivity contribution in [2.24, 2.45) is 0 Å². The van der Waals surface area contributed by atoms with Crippen LogP contribution in [-0.4, -0.2) is 59.2 Å². The Morgan fingerprint density at radius 2 is 1.50 bits per heavy atom. The van der Waals surface area contributed by atoms with Gasteiger partial charge in [-0.1, -0.05) is 36.9 Å². The van der Waals surface area contributed by atoms with Gasteiger partial charge in [0, 0.05) is 23.2 Å². The summed E-state index contributed by atoms with van der Waals surface area (Å²) >= 11 is 0. The first kappa shape index (κ1) is 22.6. The zero-order valence-corrected chi connectivity index (χ0v) is 25.8. The minimum Gasteiger partial charge on any atom is -0.426 e. The Balaban J connectivity index is 2.19. The highest BCUT2D eigenvalue weighted by Gasteiger charge is 2.49. The van der Waals surface area contributed by atoms with E-state index in [4.69, 9.17) is 12.3 Å². The molecule has 0 unspecified atom stereocenters. The third-order valence-electron chi connectivity index (χ3n) is 4.24. The smallest absolute Gasteiger partial charge is 0.426 e. The molecule has 1 fully saturated rings. The summed E-state index contributed by atoms with van der Waals surface area (Å²) in [6.45, 7) is 18.0. The molecule has 0 bridgehead atoms. The van der Waals surface area contributed by atoms with Crippen molar-refractivity contribution in [3.05, 3.63) is 42.5 Å². The fourth-order valence-corrected chi connectivity index (χ4v) is 59.9. The maximum Gasteiger partial charge on any atom is 0.469 e. The highest BCUT2D eigenvalue weighted by molar-refractivity contribution is 7.80. The lowest BCUT2D eigenvalue weighted by atomic mass is 10.1. The van der Waals surface area contributed by atoms with E-state index in [1.54, 1.807) is 0 Å². The van der Waals surface area contributed by atoms with Crippen LogP contribution in [0.15, 0.2) is 36.9 Å². The van der Waals surface area contributed by atoms with E-state index >= 15 is 0 Å². The van der Waals surface area contributed by atoms with E-state index in [-0.39, 0.29) is 17.1 Å². The highest BCUT2D eigenvalue weighted by atomic mass is 30.1. The van der Waals surface area contributed by atoms with E-state index < -0.39 is 33.5 Å². The van der Waals surface area contributed by atoms with Gasteiger partial charge in [-0.25, -0.2) is 0 Å². The van der Waals surface area contributed by atoms with Crippen LogP contribution in [0.2, 0.25) is 45.3 Å². The summed E-state index contributed by atoms with van der Waals surface area (Å²) in [6, 6.07) is 11.4. The lowest BCUT2D eigenvalue weighted by molar-refractivity contribution is 0.262. The van der Waals surface area contributed by atoms with Gasteiger partial charge in [0.1, 0.15) is 8.08 Å². The largest absolute Gasteiger partial charge is 0.469 e. The van der Waals surface area contributed by atoms with Crippen molar-refractivity contribution < 1.29 is 12.3 Å². The standard InChI is InChI=1S/C16H36O3Si7/c1-15(16-11-9-8-10-12-16)13-14-26(18-24(2,3)4,19-25(5,6)7)17-23-21-20-22-23/h8-12,23H,1,13-14,20-22H2,2-7H3. The van der Waals surface area contributed by atoms with Gasteiger partial charge in [0.2, 0.25) is 0 Å². The predicted molar refractivity (Wildman–Crippen MR) is 133 cm³/mol. The molecule has 1 aromatic carbocycles. The molecule has 0 amide bonds. The molecular formula is C16H36O3Si7. The molecule has 0 radical (unpaired) electrons. The summed E-state index contributed by atoms with van der Waals surface area (Å²) < 4.78 is 20.6. The lowest BCUT2D eigenvalue weighted by Crippen LogP contribution is -2.65. The van der Waals surface area contributed by atoms with Crippen LogP contribution in [0.4, 0.5) is 0 Å². The molecule has 0 spiro atoms. The number of allylic oxidation sites excluding steroid dienone is 1. The average Bonchev–Trinajstić information content (AvgIpc) is 2.46. The van der Waals surface area contributed by atoms with Crippen LogP contribution < -0.4 is 0 Å². The zero-order valence-electron chi connectivity index (χ0n) is 17.4. The van der Waals surface area contributed by atoms with Crippen molar-refractivity contribution in [2.45, 2.75) is 51.7 Å². The van der Waals surface area contributed by atoms with Gasteiger partial charge >= 0.3 is 8.80 Å². The van der Waals surface area contributed by atoms with Gasteiger partial charge in [-0.15, -0.1) is 0 Å². The van der Waals surface area contributed by atoms with E-state index in [1.807, 2.05) is 0 Å². The third-order valence-corrected chi connectivity index (χ3v) is 89.7. The molecule has 1 aliphatic rings. The van der Waals surface area contributed by atoms with Gasteiger partial charge in [-0.2, -0.15) is 0 Å². The van der Waals surface area contributed by atoms with Crippen molar-refractivity contribution in [2.75, 3.05) is 0 Å². The van der Waals surface area contributed by atoms with Crippen molar-refractivity contribution in [1.82, 2.24) is 0 Å². The maximum absolute atomic E-state index is 6.93. The molecule has 3 nitrogen and oxygen atoms in total. The molecule has 0 atom stereocenters. The van der Waals surface area contributed by atoms with Gasteiger partial charge in [0.15, 0.2) is 16.6 Å². The Morgan fingerprint density at radius 1 is 0.962 bits per heavy atom. The van der Waals surface area contributed by atoms with Crippen LogP contribution in [0.25, 0.3) is 5.57 Å². The number of benzene rings is 1. The fourth-order valence-electron chi connectivity index (χ4n) is 3.03. The Bertz CT molecular complexity index is 578. The first-order chi connectivity index (χ1) is 12.0. The van der Waals surface area contributed by atoms with Crippen LogP contribution in [0.5, 0.6) is 0 Å². The lowest BCUT2D eigenvalue weighted by Gasteiger charge is -2.43. The SMILES string of the molecule is C=C(CC[Si](O[SiH]1[SiH2][SiH2][SiH2]1)(O[Si](C)(C)C)O[Si](C)(C)C)c1ccccc1. The molecule has 0 N–H and O–H groups in total. The summed E-state index contributed by atoms with van der Waals surface area (Å²) in [7, 11) is -5.86. The second kappa shape index (κ2) is 9.24. The Hall–Kier alpha value is 0.358. The molecule has 0 aliphatic carbocycles. The second-order valence-corrected chi connectivity index (χ2v) is 56.5. The number of hydrogen-bond donors (Lipinski definition) is 0. The minimum absolute atomic E-state index is 0.246. The summed E-state index contributed by atoms with van der Waals surface area (Å²) in [5.41, 5.74) is 2.41. The second-order valence-electron chi connectivity index (χ2n) is 9.25. The van der Waals surface area contributed by atoms with Crippen LogP contribution in [0.3, 0.4) is 0 Å². The predicted octanol–water partition coefficient (Wildman–Crippen LogP) is 1.82. The van der Waals surface area contributed by atoms with Crippen LogP contribution >= 0.6 is 0 Å². The van der Waals surface area contributed by atoms with Crippen molar-refractivity contribution in [3.8, 4) is 0 Å². The molecule has 10 heteroatoms. The van der Waals surface area contributed by atoms with Crippen molar-refractivity contribution >= 4 is 64.8 Å². The Morgan fingerprint density at radius 3 is 1.92 bits per heavy atom. The van der Waals surface area contributed by atoms with Gasteiger partial charge in [-0.3, -0.25) is 0 Å². The minimum atomic E-state index is -2.58. The van der Waals surface area contributed by atoms with Crippen molar-refractivity contribution in [1.29, 1.82) is 0 Å². The first-order valence-electron chi connectivity index (χ1n) is 9.79. The fraction of sp³-hybridized carbons (Fsp3) is 0.500. The molecule has 1 aliphatic heterocycles. The molecule has 1 saturated heterocycles. The summed E-state index contributed by atoms with van der Waals surface area (Å²) in [5.74, 6) is 0. The quantitative estimate of drug-likeness (QED) is 0.486. The maximum atomic E-state index is 6.93. The molecule has 2 rings (SSSR count). The van der Waals surface area contributed by atoms with Crippen molar-refractivity contribution in [3.63, 3.8) is 0 Å². The topological polar surface area (TPSA) is 27.7 Å². The Labute approximate surface area is 170 Å². The molecule has 1 heterocycles. The summed E-state index contributed by atoms with van der Waals surface area (Å²) in [4.78, 5) is 0.